The molecule has 0 spiro atoms. The standard InChI is InChI=1S/C11H15NO2/c1-4-12-9(7-8(2)3)11(5-6-11)10(13)14/h4,7H,2,5-6H2,1,3H3,(H,13,14)/b9-7-,12-4?. The number of hydrogen-bond acceptors (Lipinski definition) is 2. The van der Waals surface area contributed by atoms with Gasteiger partial charge in [-0.25, -0.2) is 0 Å². The number of allylic oxidation sites excluding steroid dienone is 2. The molecule has 1 saturated carbocycles. The number of carboxylic acids is 1. The van der Waals surface area contributed by atoms with Crippen molar-refractivity contribution in [1.82, 2.24) is 0 Å². The van der Waals surface area contributed by atoms with E-state index in [9.17, 15) is 4.79 Å². The number of aliphatic imine (C=N–C) groups is 1. The van der Waals surface area contributed by atoms with Crippen LogP contribution in [0.5, 0.6) is 0 Å². The number of nitrogens with zero attached hydrogens (tertiary/aromatic N) is 1. The third kappa shape index (κ3) is 1.92. The van der Waals surface area contributed by atoms with Gasteiger partial charge in [-0.05, 0) is 32.8 Å². The van der Waals surface area contributed by atoms with E-state index in [1.165, 1.54) is 0 Å². The van der Waals surface area contributed by atoms with Crippen LogP contribution in [-0.4, -0.2) is 17.3 Å². The number of aliphatic carboxylic acids is 1. The van der Waals surface area contributed by atoms with Crippen molar-refractivity contribution in [3.8, 4) is 0 Å². The zero-order valence-corrected chi connectivity index (χ0v) is 8.58. The summed E-state index contributed by atoms with van der Waals surface area (Å²) in [4.78, 5) is 15.2. The molecule has 0 aromatic rings. The fraction of sp³-hybridized carbons (Fsp3) is 0.455. The van der Waals surface area contributed by atoms with Gasteiger partial charge in [-0.1, -0.05) is 12.2 Å². The SMILES string of the molecule is C=C(C)/C=C(\N=CC)C1(C(=O)O)CC1. The molecule has 0 saturated heterocycles. The van der Waals surface area contributed by atoms with Crippen LogP contribution in [0.1, 0.15) is 26.7 Å². The van der Waals surface area contributed by atoms with Crippen molar-refractivity contribution in [3.05, 3.63) is 23.9 Å². The van der Waals surface area contributed by atoms with Gasteiger partial charge in [0.1, 0.15) is 5.41 Å². The second-order valence-corrected chi connectivity index (χ2v) is 3.65. The van der Waals surface area contributed by atoms with Gasteiger partial charge in [-0.3, -0.25) is 9.79 Å². The topological polar surface area (TPSA) is 49.7 Å². The number of carboxylic acid groups (broad SMARTS) is 1. The molecule has 3 heteroatoms. The summed E-state index contributed by atoms with van der Waals surface area (Å²) in [6.45, 7) is 7.35. The molecule has 3 nitrogen and oxygen atoms in total. The average Bonchev–Trinajstić information content (AvgIpc) is 2.82. The number of carbonyl (C=O) groups is 1. The Balaban J connectivity index is 3.00. The van der Waals surface area contributed by atoms with Gasteiger partial charge in [0.2, 0.25) is 0 Å². The predicted molar refractivity (Wildman–Crippen MR) is 56.4 cm³/mol. The monoisotopic (exact) mass is 193 g/mol. The molecular weight excluding hydrogens is 178 g/mol. The van der Waals surface area contributed by atoms with Crippen molar-refractivity contribution in [2.75, 3.05) is 0 Å². The molecule has 1 aliphatic rings. The van der Waals surface area contributed by atoms with Crippen molar-refractivity contribution in [2.24, 2.45) is 10.4 Å². The molecule has 1 rings (SSSR count). The van der Waals surface area contributed by atoms with E-state index in [0.717, 1.165) is 5.57 Å². The van der Waals surface area contributed by atoms with Crippen LogP contribution >= 0.6 is 0 Å². The van der Waals surface area contributed by atoms with Crippen molar-refractivity contribution in [3.63, 3.8) is 0 Å². The van der Waals surface area contributed by atoms with Crippen LogP contribution in [0.2, 0.25) is 0 Å². The van der Waals surface area contributed by atoms with E-state index in [1.807, 2.05) is 6.92 Å². The first kappa shape index (κ1) is 10.7. The summed E-state index contributed by atoms with van der Waals surface area (Å²) in [6.07, 6.45) is 4.73. The normalized spacial score (nSPS) is 19.7. The molecule has 76 valence electrons. The minimum atomic E-state index is -0.782. The summed E-state index contributed by atoms with van der Waals surface area (Å²) in [5, 5.41) is 9.07. The largest absolute Gasteiger partial charge is 0.481 e. The highest BCUT2D eigenvalue weighted by Gasteiger charge is 2.53. The van der Waals surface area contributed by atoms with Crippen molar-refractivity contribution in [2.45, 2.75) is 26.7 Å². The van der Waals surface area contributed by atoms with Crippen LogP contribution in [0.3, 0.4) is 0 Å². The average molecular weight is 193 g/mol. The molecule has 0 heterocycles. The molecule has 0 aliphatic heterocycles. The fourth-order valence-corrected chi connectivity index (χ4v) is 1.38. The van der Waals surface area contributed by atoms with Crippen LogP contribution in [0.4, 0.5) is 0 Å². The molecule has 1 aliphatic carbocycles. The quantitative estimate of drug-likeness (QED) is 0.550. The Morgan fingerprint density at radius 3 is 2.43 bits per heavy atom. The van der Waals surface area contributed by atoms with Gasteiger partial charge < -0.3 is 5.11 Å². The van der Waals surface area contributed by atoms with E-state index in [1.54, 1.807) is 19.2 Å². The van der Waals surface area contributed by atoms with Crippen molar-refractivity contribution in [1.29, 1.82) is 0 Å². The first-order chi connectivity index (χ1) is 6.53. The van der Waals surface area contributed by atoms with Crippen LogP contribution in [0.15, 0.2) is 28.9 Å². The lowest BCUT2D eigenvalue weighted by molar-refractivity contribution is -0.141. The Morgan fingerprint density at radius 1 is 1.57 bits per heavy atom. The van der Waals surface area contributed by atoms with Crippen LogP contribution in [0, 0.1) is 5.41 Å². The zero-order chi connectivity index (χ0) is 10.8. The Kier molecular flexibility index (Phi) is 2.89. The van der Waals surface area contributed by atoms with E-state index >= 15 is 0 Å². The van der Waals surface area contributed by atoms with Gasteiger partial charge in [0, 0.05) is 6.21 Å². The molecule has 0 amide bonds. The van der Waals surface area contributed by atoms with Crippen molar-refractivity contribution < 1.29 is 9.90 Å². The molecule has 0 aromatic carbocycles. The predicted octanol–water partition coefficient (Wildman–Crippen LogP) is 2.40. The van der Waals surface area contributed by atoms with E-state index in [-0.39, 0.29) is 0 Å². The molecule has 0 aromatic heterocycles. The van der Waals surface area contributed by atoms with E-state index < -0.39 is 11.4 Å². The highest BCUT2D eigenvalue weighted by atomic mass is 16.4. The van der Waals surface area contributed by atoms with Crippen LogP contribution < -0.4 is 0 Å². The maximum atomic E-state index is 11.0. The van der Waals surface area contributed by atoms with Gasteiger partial charge in [0.05, 0.1) is 5.70 Å². The van der Waals surface area contributed by atoms with Crippen LogP contribution in [0.25, 0.3) is 0 Å². The molecule has 0 unspecified atom stereocenters. The summed E-state index contributed by atoms with van der Waals surface area (Å²) in [7, 11) is 0. The van der Waals surface area contributed by atoms with E-state index in [2.05, 4.69) is 11.6 Å². The number of hydrogen-bond donors (Lipinski definition) is 1. The molecule has 0 bridgehead atoms. The Morgan fingerprint density at radius 2 is 2.14 bits per heavy atom. The van der Waals surface area contributed by atoms with Crippen LogP contribution in [-0.2, 0) is 4.79 Å². The van der Waals surface area contributed by atoms with Crippen molar-refractivity contribution >= 4 is 12.2 Å². The Labute approximate surface area is 83.9 Å². The third-order valence-corrected chi connectivity index (χ3v) is 2.30. The number of rotatable bonds is 4. The molecule has 1 N–H and O–H groups in total. The summed E-state index contributed by atoms with van der Waals surface area (Å²) in [5.41, 5.74) is 0.726. The van der Waals surface area contributed by atoms with Gasteiger partial charge >= 0.3 is 5.97 Å². The molecule has 1 fully saturated rings. The molecular formula is C11H15NO2. The first-order valence-corrected chi connectivity index (χ1v) is 4.62. The van der Waals surface area contributed by atoms with E-state index in [4.69, 9.17) is 5.11 Å². The fourth-order valence-electron chi connectivity index (χ4n) is 1.38. The Bertz CT molecular complexity index is 322. The second-order valence-electron chi connectivity index (χ2n) is 3.65. The maximum Gasteiger partial charge on any atom is 0.315 e. The van der Waals surface area contributed by atoms with Gasteiger partial charge in [0.15, 0.2) is 0 Å². The second kappa shape index (κ2) is 3.78. The smallest absolute Gasteiger partial charge is 0.315 e. The third-order valence-electron chi connectivity index (χ3n) is 2.30. The lowest BCUT2D eigenvalue weighted by atomic mass is 10.0. The molecule has 14 heavy (non-hydrogen) atoms. The first-order valence-electron chi connectivity index (χ1n) is 4.62. The highest BCUT2D eigenvalue weighted by molar-refractivity contribution is 5.82. The summed E-state index contributed by atoms with van der Waals surface area (Å²) in [6, 6.07) is 0. The minimum absolute atomic E-state index is 0.625. The maximum absolute atomic E-state index is 11.0. The lowest BCUT2D eigenvalue weighted by Gasteiger charge is -2.10. The van der Waals surface area contributed by atoms with Gasteiger partial charge in [-0.2, -0.15) is 0 Å². The van der Waals surface area contributed by atoms with Gasteiger partial charge in [-0.15, -0.1) is 0 Å². The lowest BCUT2D eigenvalue weighted by Crippen LogP contribution is -2.16. The molecule has 0 radical (unpaired) electrons. The molecule has 0 atom stereocenters. The summed E-state index contributed by atoms with van der Waals surface area (Å²) >= 11 is 0. The summed E-state index contributed by atoms with van der Waals surface area (Å²) < 4.78 is 0. The summed E-state index contributed by atoms with van der Waals surface area (Å²) in [5.74, 6) is -0.782. The minimum Gasteiger partial charge on any atom is -0.481 e. The van der Waals surface area contributed by atoms with E-state index in [0.29, 0.717) is 18.5 Å². The van der Waals surface area contributed by atoms with Gasteiger partial charge in [0.25, 0.3) is 0 Å². The zero-order valence-electron chi connectivity index (χ0n) is 8.58. The highest BCUT2D eigenvalue weighted by Crippen LogP contribution is 2.52. The Hall–Kier alpha value is -1.38.